The van der Waals surface area contributed by atoms with Gasteiger partial charge in [0.15, 0.2) is 23.3 Å². The van der Waals surface area contributed by atoms with Gasteiger partial charge in [-0.2, -0.15) is 0 Å². The van der Waals surface area contributed by atoms with E-state index in [1.807, 2.05) is 42.5 Å². The maximum atomic E-state index is 5.30. The van der Waals surface area contributed by atoms with Crippen LogP contribution in [0, 0.1) is 0 Å². The van der Waals surface area contributed by atoms with Crippen LogP contribution in [0.2, 0.25) is 0 Å². The Hall–Kier alpha value is -8.93. The number of aromatic nitrogens is 5. The van der Waals surface area contributed by atoms with Crippen LogP contribution >= 0.6 is 0 Å². The van der Waals surface area contributed by atoms with Gasteiger partial charge >= 0.3 is 0 Å². The first-order valence-electron chi connectivity index (χ1n) is 24.5. The van der Waals surface area contributed by atoms with Crippen molar-refractivity contribution in [1.82, 2.24) is 24.9 Å². The van der Waals surface area contributed by atoms with Crippen LogP contribution in [-0.4, -0.2) is 24.9 Å². The zero-order valence-electron chi connectivity index (χ0n) is 39.3. The predicted molar refractivity (Wildman–Crippen MR) is 286 cm³/mol. The highest BCUT2D eigenvalue weighted by molar-refractivity contribution is 5.84. The van der Waals surface area contributed by atoms with Crippen LogP contribution in [0.4, 0.5) is 0 Å². The van der Waals surface area contributed by atoms with Crippen LogP contribution in [0.1, 0.15) is 70.2 Å². The van der Waals surface area contributed by atoms with Gasteiger partial charge in [0.2, 0.25) is 0 Å². The topological polar surface area (TPSA) is 64.5 Å². The van der Waals surface area contributed by atoms with Gasteiger partial charge in [0, 0.05) is 50.6 Å². The highest BCUT2D eigenvalue weighted by Crippen LogP contribution is 2.57. The zero-order valence-corrected chi connectivity index (χ0v) is 39.3. The Morgan fingerprint density at radius 1 is 0.268 bits per heavy atom. The summed E-state index contributed by atoms with van der Waals surface area (Å²) in [5.41, 5.74) is 23.5. The summed E-state index contributed by atoms with van der Waals surface area (Å²) < 4.78 is 0. The lowest BCUT2D eigenvalue weighted by Gasteiger charge is -2.42. The fourth-order valence-electron chi connectivity index (χ4n) is 11.6. The van der Waals surface area contributed by atoms with Crippen LogP contribution < -0.4 is 0 Å². The summed E-state index contributed by atoms with van der Waals surface area (Å²) in [6.07, 6.45) is 0. The maximum absolute atomic E-state index is 5.30. The van der Waals surface area contributed by atoms with Crippen molar-refractivity contribution in [1.29, 1.82) is 0 Å². The quantitative estimate of drug-likeness (QED) is 0.159. The van der Waals surface area contributed by atoms with Gasteiger partial charge in [-0.1, -0.05) is 214 Å². The SMILES string of the molecule is CC1(C)c2ccccc2-c2ccc(-c3ccc(-c4cc(-c5ccc6c(c5)C5c7ccccc7C6c6cc(-c7nc(-c8ccccc8)nc(-c8ccccc8)n7)ccc65)nc(-c5ccccc5)n4)cc3)cc21. The molecule has 2 atom stereocenters. The molecule has 0 N–H and O–H groups in total. The van der Waals surface area contributed by atoms with Gasteiger partial charge in [-0.15, -0.1) is 0 Å². The van der Waals surface area contributed by atoms with Crippen LogP contribution in [0.5, 0.6) is 0 Å². The van der Waals surface area contributed by atoms with Crippen molar-refractivity contribution in [2.75, 3.05) is 0 Å². The number of rotatable bonds is 7. The lowest BCUT2D eigenvalue weighted by molar-refractivity contribution is 0.660. The third-order valence-electron chi connectivity index (χ3n) is 15.1. The second-order valence-corrected chi connectivity index (χ2v) is 19.6. The molecule has 4 aliphatic rings. The van der Waals surface area contributed by atoms with Crippen molar-refractivity contribution < 1.29 is 0 Å². The van der Waals surface area contributed by atoms with E-state index in [0.29, 0.717) is 23.3 Å². The average Bonchev–Trinajstić information content (AvgIpc) is 3.68. The molecule has 0 saturated heterocycles. The Morgan fingerprint density at radius 3 is 1.27 bits per heavy atom. The van der Waals surface area contributed by atoms with E-state index >= 15 is 0 Å². The lowest BCUT2D eigenvalue weighted by atomic mass is 9.60. The molecule has 334 valence electrons. The molecule has 5 nitrogen and oxygen atoms in total. The molecule has 2 heterocycles. The Bertz CT molecular complexity index is 3840. The lowest BCUT2D eigenvalue weighted by Crippen LogP contribution is -2.27. The van der Waals surface area contributed by atoms with Gasteiger partial charge in [-0.3, -0.25) is 0 Å². The Kier molecular flexibility index (Phi) is 9.30. The minimum Gasteiger partial charge on any atom is -0.228 e. The fraction of sp³-hybridized carbons (Fsp3) is 0.0758. The van der Waals surface area contributed by atoms with Crippen molar-refractivity contribution in [3.05, 3.63) is 269 Å². The first kappa shape index (κ1) is 41.1. The molecule has 0 fully saturated rings. The molecule has 4 aliphatic carbocycles. The standard InChI is InChI=1S/C66H45N5/c1-66(2)56-25-15-14-22-48(56)49-33-30-45(38-57(49)66)40-26-28-41(29-27-40)58-39-59(68-62(67-58)42-16-6-3-7-17-42)46-31-34-52-54(36-46)60-50-23-12-13-24-51(50)61(52)55-37-47(32-35-53(55)60)65-70-63(43-18-8-4-9-19-43)69-64(71-65)44-20-10-5-11-21-44/h3-39,60-61H,1-2H3. The molecule has 0 saturated carbocycles. The van der Waals surface area contributed by atoms with Crippen LogP contribution in [0.25, 0.3) is 90.3 Å². The first-order chi connectivity index (χ1) is 34.9. The Morgan fingerprint density at radius 2 is 0.676 bits per heavy atom. The summed E-state index contributed by atoms with van der Waals surface area (Å²) in [5.74, 6) is 2.77. The summed E-state index contributed by atoms with van der Waals surface area (Å²) in [6, 6.07) is 80.3. The molecule has 9 aromatic carbocycles. The normalized spacial score (nSPS) is 15.3. The molecule has 2 bridgehead atoms. The third-order valence-corrected chi connectivity index (χ3v) is 15.1. The molecule has 2 unspecified atom stereocenters. The molecule has 15 rings (SSSR count). The molecular weight excluding hydrogens is 863 g/mol. The molecular formula is C66H45N5. The van der Waals surface area contributed by atoms with E-state index in [1.165, 1.54) is 66.8 Å². The number of benzene rings is 9. The molecule has 0 spiro atoms. The molecule has 0 radical (unpaired) electrons. The summed E-state index contributed by atoms with van der Waals surface area (Å²) in [6.45, 7) is 4.68. The van der Waals surface area contributed by atoms with Gasteiger partial charge in [0.05, 0.1) is 11.4 Å². The van der Waals surface area contributed by atoms with E-state index in [2.05, 4.69) is 196 Å². The van der Waals surface area contributed by atoms with Crippen LogP contribution in [0.3, 0.4) is 0 Å². The van der Waals surface area contributed by atoms with Crippen molar-refractivity contribution >= 4 is 0 Å². The zero-order chi connectivity index (χ0) is 47.2. The predicted octanol–water partition coefficient (Wildman–Crippen LogP) is 15.6. The van der Waals surface area contributed by atoms with E-state index in [0.717, 1.165) is 44.8 Å². The second-order valence-electron chi connectivity index (χ2n) is 19.6. The van der Waals surface area contributed by atoms with E-state index in [1.54, 1.807) is 0 Å². The maximum Gasteiger partial charge on any atom is 0.164 e. The minimum atomic E-state index is -0.0586. The van der Waals surface area contributed by atoms with Crippen LogP contribution in [-0.2, 0) is 5.41 Å². The molecule has 0 aliphatic heterocycles. The Labute approximate surface area is 413 Å². The summed E-state index contributed by atoms with van der Waals surface area (Å²) in [7, 11) is 0. The number of hydrogen-bond donors (Lipinski definition) is 0. The minimum absolute atomic E-state index is 0.0469. The van der Waals surface area contributed by atoms with Gasteiger partial charge in [-0.25, -0.2) is 24.9 Å². The van der Waals surface area contributed by atoms with Crippen molar-refractivity contribution in [3.63, 3.8) is 0 Å². The molecule has 5 heteroatoms. The molecule has 0 amide bonds. The van der Waals surface area contributed by atoms with Gasteiger partial charge in [0.25, 0.3) is 0 Å². The number of fused-ring (bicyclic) bond motifs is 3. The van der Waals surface area contributed by atoms with Gasteiger partial charge in [-0.05, 0) is 91.0 Å². The van der Waals surface area contributed by atoms with E-state index in [4.69, 9.17) is 24.9 Å². The number of hydrogen-bond acceptors (Lipinski definition) is 5. The second kappa shape index (κ2) is 16.1. The van der Waals surface area contributed by atoms with E-state index in [-0.39, 0.29) is 17.3 Å². The van der Waals surface area contributed by atoms with Crippen LogP contribution in [0.15, 0.2) is 224 Å². The third kappa shape index (κ3) is 6.72. The summed E-state index contributed by atoms with van der Waals surface area (Å²) in [5, 5.41) is 0. The van der Waals surface area contributed by atoms with Crippen molar-refractivity contribution in [2.24, 2.45) is 0 Å². The highest BCUT2D eigenvalue weighted by atomic mass is 15.0. The molecule has 71 heavy (non-hydrogen) atoms. The number of nitrogens with zero attached hydrogens (tertiary/aromatic N) is 5. The highest BCUT2D eigenvalue weighted by Gasteiger charge is 2.42. The Balaban J connectivity index is 0.845. The van der Waals surface area contributed by atoms with Crippen molar-refractivity contribution in [2.45, 2.75) is 31.1 Å². The van der Waals surface area contributed by atoms with E-state index in [9.17, 15) is 0 Å². The van der Waals surface area contributed by atoms with Crippen molar-refractivity contribution in [3.8, 4) is 90.3 Å². The first-order valence-corrected chi connectivity index (χ1v) is 24.5. The average molecular weight is 908 g/mol. The van der Waals surface area contributed by atoms with Gasteiger partial charge < -0.3 is 0 Å². The fourth-order valence-corrected chi connectivity index (χ4v) is 11.6. The van der Waals surface area contributed by atoms with Gasteiger partial charge in [0.1, 0.15) is 0 Å². The van der Waals surface area contributed by atoms with E-state index < -0.39 is 0 Å². The molecule has 11 aromatic rings. The smallest absolute Gasteiger partial charge is 0.164 e. The largest absolute Gasteiger partial charge is 0.228 e. The molecule has 2 aromatic heterocycles. The summed E-state index contributed by atoms with van der Waals surface area (Å²) >= 11 is 0. The summed E-state index contributed by atoms with van der Waals surface area (Å²) in [4.78, 5) is 25.7. The monoisotopic (exact) mass is 907 g/mol.